The molecule has 0 saturated carbocycles. The molecule has 23 heavy (non-hydrogen) atoms. The summed E-state index contributed by atoms with van der Waals surface area (Å²) in [6.07, 6.45) is -0.643. The van der Waals surface area contributed by atoms with Gasteiger partial charge in [0.05, 0.1) is 6.54 Å². The molecule has 0 saturated heterocycles. The van der Waals surface area contributed by atoms with Gasteiger partial charge in [-0.05, 0) is 48.9 Å². The van der Waals surface area contributed by atoms with Crippen molar-refractivity contribution >= 4 is 26.7 Å². The third-order valence-corrected chi connectivity index (χ3v) is 4.06. The number of fused-ring (bicyclic) bond motifs is 1. The zero-order valence-corrected chi connectivity index (χ0v) is 14.6. The van der Waals surface area contributed by atoms with Crippen LogP contribution in [-0.2, 0) is 6.54 Å². The molecule has 0 radical (unpaired) electrons. The van der Waals surface area contributed by atoms with Gasteiger partial charge in [-0.1, -0.05) is 28.1 Å². The first kappa shape index (κ1) is 16.0. The summed E-state index contributed by atoms with van der Waals surface area (Å²) in [5.74, 6) is 2.24. The van der Waals surface area contributed by atoms with Gasteiger partial charge >= 0.3 is 0 Å². The van der Waals surface area contributed by atoms with Crippen LogP contribution < -0.4 is 4.74 Å². The summed E-state index contributed by atoms with van der Waals surface area (Å²) in [6.45, 7) is 4.28. The maximum atomic E-state index is 10.1. The van der Waals surface area contributed by atoms with E-state index in [2.05, 4.69) is 32.1 Å². The lowest BCUT2D eigenvalue weighted by atomic mass is 10.1. The van der Waals surface area contributed by atoms with Crippen LogP contribution in [0.25, 0.3) is 10.8 Å². The van der Waals surface area contributed by atoms with E-state index in [1.54, 1.807) is 4.68 Å². The first-order valence-electron chi connectivity index (χ1n) is 7.39. The molecule has 1 atom stereocenters. The van der Waals surface area contributed by atoms with Crippen molar-refractivity contribution in [1.82, 2.24) is 14.8 Å². The highest BCUT2D eigenvalue weighted by Gasteiger charge is 2.10. The predicted molar refractivity (Wildman–Crippen MR) is 92.6 cm³/mol. The number of aliphatic hydroxyl groups is 1. The molecule has 1 heterocycles. The zero-order chi connectivity index (χ0) is 16.4. The van der Waals surface area contributed by atoms with Crippen LogP contribution in [0.4, 0.5) is 0 Å². The Balaban J connectivity index is 1.63. The lowest BCUT2D eigenvalue weighted by Gasteiger charge is -2.13. The summed E-state index contributed by atoms with van der Waals surface area (Å²) in [7, 11) is 0. The summed E-state index contributed by atoms with van der Waals surface area (Å²) in [5, 5.41) is 16.6. The molecule has 0 amide bonds. The Morgan fingerprint density at radius 2 is 1.91 bits per heavy atom. The van der Waals surface area contributed by atoms with E-state index in [4.69, 9.17) is 4.74 Å². The van der Waals surface area contributed by atoms with Crippen LogP contribution in [-0.4, -0.2) is 32.6 Å². The van der Waals surface area contributed by atoms with Gasteiger partial charge in [-0.3, -0.25) is 0 Å². The van der Waals surface area contributed by atoms with Gasteiger partial charge in [0.15, 0.2) is 0 Å². The second-order valence-electron chi connectivity index (χ2n) is 5.51. The van der Waals surface area contributed by atoms with E-state index >= 15 is 0 Å². The Bertz CT molecular complexity index is 832. The number of benzene rings is 2. The Kier molecular flexibility index (Phi) is 4.63. The van der Waals surface area contributed by atoms with Crippen molar-refractivity contribution in [2.24, 2.45) is 0 Å². The molecule has 1 aromatic heterocycles. The third-order valence-electron chi connectivity index (χ3n) is 3.56. The normalized spacial score (nSPS) is 12.5. The molecule has 0 aliphatic heterocycles. The van der Waals surface area contributed by atoms with Crippen LogP contribution in [0.5, 0.6) is 5.75 Å². The van der Waals surface area contributed by atoms with Gasteiger partial charge in [-0.25, -0.2) is 9.67 Å². The number of ether oxygens (including phenoxy) is 1. The van der Waals surface area contributed by atoms with Crippen LogP contribution in [0.3, 0.4) is 0 Å². The summed E-state index contributed by atoms with van der Waals surface area (Å²) in [4.78, 5) is 4.22. The third kappa shape index (κ3) is 3.89. The van der Waals surface area contributed by atoms with Gasteiger partial charge in [-0.2, -0.15) is 5.10 Å². The van der Waals surface area contributed by atoms with Crippen molar-refractivity contribution < 1.29 is 9.84 Å². The Labute approximate surface area is 143 Å². The van der Waals surface area contributed by atoms with Crippen LogP contribution in [0.2, 0.25) is 0 Å². The highest BCUT2D eigenvalue weighted by molar-refractivity contribution is 9.10. The lowest BCUT2D eigenvalue weighted by molar-refractivity contribution is 0.0886. The predicted octanol–water partition coefficient (Wildman–Crippen LogP) is 3.25. The molecule has 3 aromatic rings. The maximum Gasteiger partial charge on any atom is 0.147 e. The summed E-state index contributed by atoms with van der Waals surface area (Å²) in [5.41, 5.74) is 0. The first-order chi connectivity index (χ1) is 11.0. The van der Waals surface area contributed by atoms with Gasteiger partial charge in [0.2, 0.25) is 0 Å². The van der Waals surface area contributed by atoms with Gasteiger partial charge in [0.25, 0.3) is 0 Å². The molecule has 3 rings (SSSR count). The second kappa shape index (κ2) is 6.68. The molecule has 0 bridgehead atoms. The average molecular weight is 376 g/mol. The molecule has 120 valence electrons. The number of halogens is 1. The van der Waals surface area contributed by atoms with Crippen molar-refractivity contribution in [3.8, 4) is 5.75 Å². The average Bonchev–Trinajstić information content (AvgIpc) is 2.82. The van der Waals surface area contributed by atoms with Crippen LogP contribution in [0.15, 0.2) is 40.9 Å². The van der Waals surface area contributed by atoms with E-state index in [9.17, 15) is 5.11 Å². The number of aryl methyl sites for hydroxylation is 2. The summed E-state index contributed by atoms with van der Waals surface area (Å²) >= 11 is 3.46. The lowest BCUT2D eigenvalue weighted by Crippen LogP contribution is -2.24. The van der Waals surface area contributed by atoms with Crippen molar-refractivity contribution in [2.75, 3.05) is 6.61 Å². The number of aromatic nitrogens is 3. The molecule has 2 aromatic carbocycles. The fraction of sp³-hybridized carbons (Fsp3) is 0.294. The van der Waals surface area contributed by atoms with E-state index in [0.29, 0.717) is 12.4 Å². The minimum absolute atomic E-state index is 0.209. The Morgan fingerprint density at radius 3 is 2.65 bits per heavy atom. The fourth-order valence-electron chi connectivity index (χ4n) is 2.46. The number of hydrogen-bond acceptors (Lipinski definition) is 4. The van der Waals surface area contributed by atoms with E-state index in [1.807, 2.05) is 44.2 Å². The summed E-state index contributed by atoms with van der Waals surface area (Å²) in [6, 6.07) is 12.0. The smallest absolute Gasteiger partial charge is 0.147 e. The Hall–Kier alpha value is -1.92. The quantitative estimate of drug-likeness (QED) is 0.743. The molecule has 0 unspecified atom stereocenters. The van der Waals surface area contributed by atoms with Gasteiger partial charge < -0.3 is 9.84 Å². The van der Waals surface area contributed by atoms with Gasteiger partial charge in [0, 0.05) is 4.47 Å². The van der Waals surface area contributed by atoms with E-state index < -0.39 is 6.10 Å². The number of rotatable bonds is 5. The van der Waals surface area contributed by atoms with Crippen LogP contribution in [0, 0.1) is 13.8 Å². The summed E-state index contributed by atoms with van der Waals surface area (Å²) < 4.78 is 8.45. The number of hydrogen-bond donors (Lipinski definition) is 1. The van der Waals surface area contributed by atoms with Crippen LogP contribution in [0.1, 0.15) is 11.6 Å². The van der Waals surface area contributed by atoms with Crippen molar-refractivity contribution in [3.63, 3.8) is 0 Å². The number of aliphatic hydroxyl groups excluding tert-OH is 1. The SMILES string of the molecule is Cc1nc(C)n(C[C@H](O)COc2ccc3cc(Br)ccc3c2)n1. The molecular weight excluding hydrogens is 358 g/mol. The topological polar surface area (TPSA) is 60.2 Å². The number of nitrogens with zero attached hydrogens (tertiary/aromatic N) is 3. The molecule has 0 aliphatic carbocycles. The molecule has 1 N–H and O–H groups in total. The molecule has 0 aliphatic rings. The molecule has 0 fully saturated rings. The minimum Gasteiger partial charge on any atom is -0.491 e. The minimum atomic E-state index is -0.643. The molecular formula is C17H18BrN3O2. The fourth-order valence-corrected chi connectivity index (χ4v) is 2.84. The van der Waals surface area contributed by atoms with Crippen molar-refractivity contribution in [2.45, 2.75) is 26.5 Å². The van der Waals surface area contributed by atoms with E-state index in [1.165, 1.54) is 0 Å². The Morgan fingerprint density at radius 1 is 1.17 bits per heavy atom. The molecule has 5 nitrogen and oxygen atoms in total. The highest BCUT2D eigenvalue weighted by Crippen LogP contribution is 2.24. The molecule has 6 heteroatoms. The van der Waals surface area contributed by atoms with E-state index in [0.717, 1.165) is 26.8 Å². The standard InChI is InChI=1S/C17H18BrN3O2/c1-11-19-12(2)21(20-11)9-16(22)10-23-17-6-4-13-7-15(18)5-3-14(13)8-17/h3-8,16,22H,9-10H2,1-2H3/t16-/m0/s1. The second-order valence-corrected chi connectivity index (χ2v) is 6.42. The van der Waals surface area contributed by atoms with Crippen molar-refractivity contribution in [1.29, 1.82) is 0 Å². The molecule has 0 spiro atoms. The van der Waals surface area contributed by atoms with Crippen LogP contribution >= 0.6 is 15.9 Å². The first-order valence-corrected chi connectivity index (χ1v) is 8.19. The largest absolute Gasteiger partial charge is 0.491 e. The highest BCUT2D eigenvalue weighted by atomic mass is 79.9. The zero-order valence-electron chi connectivity index (χ0n) is 13.0. The van der Waals surface area contributed by atoms with Gasteiger partial charge in [-0.15, -0.1) is 0 Å². The monoisotopic (exact) mass is 375 g/mol. The van der Waals surface area contributed by atoms with E-state index in [-0.39, 0.29) is 6.61 Å². The van der Waals surface area contributed by atoms with Crippen molar-refractivity contribution in [3.05, 3.63) is 52.5 Å². The maximum absolute atomic E-state index is 10.1. The van der Waals surface area contributed by atoms with Gasteiger partial charge in [0.1, 0.15) is 30.1 Å².